The van der Waals surface area contributed by atoms with Crippen molar-refractivity contribution in [1.29, 1.82) is 0 Å². The zero-order valence-electron chi connectivity index (χ0n) is 18.9. The van der Waals surface area contributed by atoms with Gasteiger partial charge in [-0.1, -0.05) is 6.07 Å². The standard InChI is InChI=1S/C24H20F4N4O3/c1-12-6-14(9-30-21(12)35-11-23(2,3)22(33)34)13-4-5-16(17(25)7-13)19-31-18-8-15(24(26,27)28)10-29-20(18)32-19/h4-10H,11H2,1-3H3,(H,33,34)(H,29,31,32). The molecule has 0 saturated carbocycles. The fourth-order valence-corrected chi connectivity index (χ4v) is 3.25. The molecule has 0 unspecified atom stereocenters. The van der Waals surface area contributed by atoms with Crippen LogP contribution in [0.2, 0.25) is 0 Å². The van der Waals surface area contributed by atoms with E-state index in [0.29, 0.717) is 22.9 Å². The second-order valence-electron chi connectivity index (χ2n) is 8.70. The van der Waals surface area contributed by atoms with Gasteiger partial charge in [-0.2, -0.15) is 13.2 Å². The summed E-state index contributed by atoms with van der Waals surface area (Å²) in [4.78, 5) is 26.0. The number of carboxylic acid groups (broad SMARTS) is 1. The molecule has 0 aliphatic carbocycles. The summed E-state index contributed by atoms with van der Waals surface area (Å²) >= 11 is 0. The number of aryl methyl sites for hydroxylation is 1. The van der Waals surface area contributed by atoms with Crippen molar-refractivity contribution in [2.45, 2.75) is 26.9 Å². The van der Waals surface area contributed by atoms with Gasteiger partial charge in [-0.3, -0.25) is 4.79 Å². The predicted molar refractivity (Wildman–Crippen MR) is 119 cm³/mol. The van der Waals surface area contributed by atoms with E-state index in [9.17, 15) is 27.5 Å². The monoisotopic (exact) mass is 488 g/mol. The van der Waals surface area contributed by atoms with Crippen molar-refractivity contribution in [2.24, 2.45) is 5.41 Å². The first kappa shape index (κ1) is 24.1. The number of aliphatic carboxylic acids is 1. The second kappa shape index (κ2) is 8.64. The molecule has 0 fully saturated rings. The minimum absolute atomic E-state index is 0.0398. The Morgan fingerprint density at radius 1 is 1.09 bits per heavy atom. The third-order valence-electron chi connectivity index (χ3n) is 5.40. The maximum absolute atomic E-state index is 15.0. The summed E-state index contributed by atoms with van der Waals surface area (Å²) in [5.41, 5.74) is -0.133. The van der Waals surface area contributed by atoms with Crippen LogP contribution in [-0.4, -0.2) is 37.6 Å². The smallest absolute Gasteiger partial charge is 0.417 e. The van der Waals surface area contributed by atoms with Gasteiger partial charge >= 0.3 is 12.1 Å². The molecule has 1 aromatic carbocycles. The Labute approximate surface area is 196 Å². The number of alkyl halides is 3. The molecule has 0 amide bonds. The van der Waals surface area contributed by atoms with Crippen LogP contribution in [0.4, 0.5) is 17.6 Å². The van der Waals surface area contributed by atoms with Crippen LogP contribution in [0.25, 0.3) is 33.7 Å². The van der Waals surface area contributed by atoms with Crippen molar-refractivity contribution in [3.05, 3.63) is 59.7 Å². The van der Waals surface area contributed by atoms with E-state index in [2.05, 4.69) is 19.9 Å². The van der Waals surface area contributed by atoms with Crippen LogP contribution in [0, 0.1) is 18.2 Å². The predicted octanol–water partition coefficient (Wildman–Crippen LogP) is 5.64. The van der Waals surface area contributed by atoms with E-state index in [1.165, 1.54) is 32.2 Å². The number of H-pyrrole nitrogens is 1. The molecule has 0 aliphatic rings. The Balaban J connectivity index is 1.59. The highest BCUT2D eigenvalue weighted by Crippen LogP contribution is 2.32. The molecule has 2 N–H and O–H groups in total. The number of ether oxygens (including phenoxy) is 1. The Bertz CT molecular complexity index is 1430. The Morgan fingerprint density at radius 2 is 1.83 bits per heavy atom. The lowest BCUT2D eigenvalue weighted by atomic mass is 9.95. The number of hydrogen-bond donors (Lipinski definition) is 2. The van der Waals surface area contributed by atoms with Gasteiger partial charge < -0.3 is 14.8 Å². The van der Waals surface area contributed by atoms with E-state index in [1.54, 1.807) is 19.1 Å². The molecule has 35 heavy (non-hydrogen) atoms. The highest BCUT2D eigenvalue weighted by Gasteiger charge is 2.31. The Morgan fingerprint density at radius 3 is 2.46 bits per heavy atom. The molecule has 3 aromatic heterocycles. The first-order chi connectivity index (χ1) is 16.3. The lowest BCUT2D eigenvalue weighted by Gasteiger charge is -2.19. The summed E-state index contributed by atoms with van der Waals surface area (Å²) in [5.74, 6) is -1.31. The van der Waals surface area contributed by atoms with E-state index < -0.39 is 28.9 Å². The zero-order valence-corrected chi connectivity index (χ0v) is 18.9. The highest BCUT2D eigenvalue weighted by atomic mass is 19.4. The molecule has 4 aromatic rings. The van der Waals surface area contributed by atoms with E-state index >= 15 is 0 Å². The molecule has 0 aliphatic heterocycles. The lowest BCUT2D eigenvalue weighted by molar-refractivity contribution is -0.148. The van der Waals surface area contributed by atoms with E-state index in [-0.39, 0.29) is 35.0 Å². The fraction of sp³-hybridized carbons (Fsp3) is 0.250. The number of aromatic amines is 1. The van der Waals surface area contributed by atoms with Crippen molar-refractivity contribution in [2.75, 3.05) is 6.61 Å². The number of nitrogens with zero attached hydrogens (tertiary/aromatic N) is 3. The van der Waals surface area contributed by atoms with Crippen LogP contribution in [0.15, 0.2) is 42.7 Å². The average molecular weight is 488 g/mol. The van der Waals surface area contributed by atoms with Crippen LogP contribution in [0.1, 0.15) is 25.0 Å². The number of benzene rings is 1. The molecule has 0 spiro atoms. The minimum Gasteiger partial charge on any atom is -0.481 e. The van der Waals surface area contributed by atoms with Gasteiger partial charge in [0, 0.05) is 23.5 Å². The molecule has 3 heterocycles. The number of aromatic nitrogens is 4. The van der Waals surface area contributed by atoms with Gasteiger partial charge in [0.15, 0.2) is 5.65 Å². The SMILES string of the molecule is Cc1cc(-c2ccc(-c3nc4ncc(C(F)(F)F)cc4[nH]3)c(F)c2)cnc1OCC(C)(C)C(=O)O. The molecule has 0 saturated heterocycles. The summed E-state index contributed by atoms with van der Waals surface area (Å²) in [7, 11) is 0. The molecular formula is C24H20F4N4O3. The molecule has 182 valence electrons. The molecule has 4 rings (SSSR count). The van der Waals surface area contributed by atoms with Crippen LogP contribution in [-0.2, 0) is 11.0 Å². The summed E-state index contributed by atoms with van der Waals surface area (Å²) in [5, 5.41) is 9.21. The number of carbonyl (C=O) groups is 1. The van der Waals surface area contributed by atoms with E-state index in [1.807, 2.05) is 0 Å². The molecular weight excluding hydrogens is 468 g/mol. The van der Waals surface area contributed by atoms with Crippen molar-refractivity contribution in [1.82, 2.24) is 19.9 Å². The van der Waals surface area contributed by atoms with E-state index in [4.69, 9.17) is 4.74 Å². The lowest BCUT2D eigenvalue weighted by Crippen LogP contribution is -2.31. The van der Waals surface area contributed by atoms with Crippen molar-refractivity contribution in [3.8, 4) is 28.4 Å². The number of fused-ring (bicyclic) bond motifs is 1. The third-order valence-corrected chi connectivity index (χ3v) is 5.40. The van der Waals surface area contributed by atoms with Crippen molar-refractivity contribution >= 4 is 17.1 Å². The number of imidazole rings is 1. The van der Waals surface area contributed by atoms with Gasteiger partial charge in [0.25, 0.3) is 0 Å². The van der Waals surface area contributed by atoms with Gasteiger partial charge in [-0.05, 0) is 50.6 Å². The first-order valence-corrected chi connectivity index (χ1v) is 10.4. The largest absolute Gasteiger partial charge is 0.481 e. The molecule has 0 atom stereocenters. The molecule has 0 radical (unpaired) electrons. The van der Waals surface area contributed by atoms with E-state index in [0.717, 1.165) is 6.07 Å². The zero-order chi connectivity index (χ0) is 25.5. The Kier molecular flexibility index (Phi) is 5.95. The van der Waals surface area contributed by atoms with Crippen LogP contribution >= 0.6 is 0 Å². The molecule has 7 nitrogen and oxygen atoms in total. The van der Waals surface area contributed by atoms with Gasteiger partial charge in [-0.15, -0.1) is 0 Å². The van der Waals surface area contributed by atoms with Crippen molar-refractivity contribution < 1.29 is 32.2 Å². The number of carboxylic acids is 1. The topological polar surface area (TPSA) is 101 Å². The number of halogens is 4. The average Bonchev–Trinajstić information content (AvgIpc) is 3.20. The maximum Gasteiger partial charge on any atom is 0.417 e. The van der Waals surface area contributed by atoms with Crippen LogP contribution < -0.4 is 4.74 Å². The van der Waals surface area contributed by atoms with Crippen molar-refractivity contribution in [3.63, 3.8) is 0 Å². The van der Waals surface area contributed by atoms with Gasteiger partial charge in [0.1, 0.15) is 18.2 Å². The highest BCUT2D eigenvalue weighted by molar-refractivity contribution is 5.77. The Hall–Kier alpha value is -4.02. The van der Waals surface area contributed by atoms with Crippen LogP contribution in [0.3, 0.4) is 0 Å². The normalized spacial score (nSPS) is 12.2. The fourth-order valence-electron chi connectivity index (χ4n) is 3.25. The summed E-state index contributed by atoms with van der Waals surface area (Å²) in [6, 6.07) is 6.96. The first-order valence-electron chi connectivity index (χ1n) is 10.4. The number of pyridine rings is 2. The molecule has 11 heteroatoms. The third kappa shape index (κ3) is 4.93. The number of rotatable bonds is 6. The van der Waals surface area contributed by atoms with Gasteiger partial charge in [0.05, 0.1) is 22.1 Å². The summed E-state index contributed by atoms with van der Waals surface area (Å²) in [6.07, 6.45) is -2.40. The number of nitrogens with one attached hydrogen (secondary N) is 1. The summed E-state index contributed by atoms with van der Waals surface area (Å²) in [6.45, 7) is 4.74. The van der Waals surface area contributed by atoms with Gasteiger partial charge in [-0.25, -0.2) is 19.3 Å². The van der Waals surface area contributed by atoms with Crippen LogP contribution in [0.5, 0.6) is 5.88 Å². The minimum atomic E-state index is -4.56. The molecule has 0 bridgehead atoms. The maximum atomic E-state index is 15.0. The number of hydrogen-bond acceptors (Lipinski definition) is 5. The second-order valence-corrected chi connectivity index (χ2v) is 8.70. The van der Waals surface area contributed by atoms with Gasteiger partial charge in [0.2, 0.25) is 5.88 Å². The quantitative estimate of drug-likeness (QED) is 0.341. The summed E-state index contributed by atoms with van der Waals surface area (Å²) < 4.78 is 59.3.